The molecule has 2 heterocycles. The Kier molecular flexibility index (Phi) is 2.55. The molecule has 2 aromatic heterocycles. The number of carbonyl (C=O) groups is 1. The molecule has 0 saturated carbocycles. The van der Waals surface area contributed by atoms with E-state index in [9.17, 15) is 4.79 Å². The number of aromatic nitrogens is 3. The van der Waals surface area contributed by atoms with Gasteiger partial charge in [0.1, 0.15) is 6.33 Å². The fraction of sp³-hybridized carbons (Fsp3) is 0.125. The molecule has 1 amide bonds. The van der Waals surface area contributed by atoms with Gasteiger partial charge in [0.2, 0.25) is 0 Å². The van der Waals surface area contributed by atoms with Crippen molar-refractivity contribution in [2.75, 3.05) is 0 Å². The summed E-state index contributed by atoms with van der Waals surface area (Å²) in [6.07, 6.45) is 4.61. The van der Waals surface area contributed by atoms with Gasteiger partial charge in [-0.3, -0.25) is 4.57 Å². The van der Waals surface area contributed by atoms with Crippen LogP contribution >= 0.6 is 11.3 Å². The smallest absolute Gasteiger partial charge is 0.327 e. The van der Waals surface area contributed by atoms with E-state index >= 15 is 0 Å². The van der Waals surface area contributed by atoms with Gasteiger partial charge in [-0.2, -0.15) is 0 Å². The maximum Gasteiger partial charge on any atom is 0.327 e. The van der Waals surface area contributed by atoms with Gasteiger partial charge in [-0.1, -0.05) is 0 Å². The van der Waals surface area contributed by atoms with Crippen molar-refractivity contribution in [2.45, 2.75) is 6.54 Å². The lowest BCUT2D eigenvalue weighted by atomic mass is 10.5. The highest BCUT2D eigenvalue weighted by atomic mass is 32.1. The van der Waals surface area contributed by atoms with Crippen molar-refractivity contribution in [3.05, 3.63) is 35.3 Å². The summed E-state index contributed by atoms with van der Waals surface area (Å²) in [5.74, 6) is 0. The Morgan fingerprint density at radius 2 is 2.57 bits per heavy atom. The second-order valence-electron chi connectivity index (χ2n) is 2.61. The van der Waals surface area contributed by atoms with Crippen molar-refractivity contribution < 1.29 is 4.79 Å². The minimum Gasteiger partial charge on any atom is -0.332 e. The number of thiazole rings is 1. The van der Waals surface area contributed by atoms with Crippen LogP contribution in [0.15, 0.2) is 29.6 Å². The Hall–Kier alpha value is -1.69. The van der Waals surface area contributed by atoms with Gasteiger partial charge in [0.05, 0.1) is 17.7 Å². The zero-order chi connectivity index (χ0) is 9.80. The van der Waals surface area contributed by atoms with Crippen molar-refractivity contribution in [1.82, 2.24) is 19.9 Å². The number of hydrogen-bond acceptors (Lipinski definition) is 4. The Balaban J connectivity index is 1.90. The van der Waals surface area contributed by atoms with Crippen LogP contribution in [-0.2, 0) is 6.54 Å². The lowest BCUT2D eigenvalue weighted by molar-refractivity contribution is 0.242. The number of hydrogen-bond donors (Lipinski definition) is 1. The fourth-order valence-corrected chi connectivity index (χ4v) is 1.52. The number of nitrogens with zero attached hydrogens (tertiary/aromatic N) is 3. The molecule has 0 spiro atoms. The van der Waals surface area contributed by atoms with Crippen LogP contribution in [0.4, 0.5) is 4.79 Å². The standard InChI is InChI=1S/C8H8N4OS/c13-8(12-2-1-9-5-12)10-3-7-4-14-6-11-7/h1-2,4-6H,3H2,(H,10,13). The highest BCUT2D eigenvalue weighted by Gasteiger charge is 2.02. The van der Waals surface area contributed by atoms with E-state index in [4.69, 9.17) is 0 Å². The molecule has 0 radical (unpaired) electrons. The van der Waals surface area contributed by atoms with Gasteiger partial charge in [0, 0.05) is 17.8 Å². The number of carbonyl (C=O) groups excluding carboxylic acids is 1. The zero-order valence-electron chi connectivity index (χ0n) is 7.25. The van der Waals surface area contributed by atoms with Crippen LogP contribution in [0.5, 0.6) is 0 Å². The average Bonchev–Trinajstić information content (AvgIpc) is 2.87. The minimum absolute atomic E-state index is 0.199. The summed E-state index contributed by atoms with van der Waals surface area (Å²) in [6, 6.07) is -0.199. The average molecular weight is 208 g/mol. The monoisotopic (exact) mass is 208 g/mol. The molecular weight excluding hydrogens is 200 g/mol. The predicted molar refractivity (Wildman–Crippen MR) is 52.0 cm³/mol. The summed E-state index contributed by atoms with van der Waals surface area (Å²) in [5.41, 5.74) is 2.60. The van der Waals surface area contributed by atoms with Gasteiger partial charge in [0.15, 0.2) is 0 Å². The van der Waals surface area contributed by atoms with Crippen molar-refractivity contribution in [1.29, 1.82) is 0 Å². The molecule has 0 aliphatic carbocycles. The van der Waals surface area contributed by atoms with Gasteiger partial charge in [-0.25, -0.2) is 14.8 Å². The highest BCUT2D eigenvalue weighted by molar-refractivity contribution is 7.07. The van der Waals surface area contributed by atoms with E-state index in [1.807, 2.05) is 5.38 Å². The molecule has 0 bridgehead atoms. The quantitative estimate of drug-likeness (QED) is 0.803. The maximum absolute atomic E-state index is 11.4. The summed E-state index contributed by atoms with van der Waals surface area (Å²) >= 11 is 1.51. The molecule has 1 N–H and O–H groups in total. The van der Waals surface area contributed by atoms with E-state index in [-0.39, 0.29) is 6.03 Å². The third kappa shape index (κ3) is 1.97. The van der Waals surface area contributed by atoms with Gasteiger partial charge >= 0.3 is 6.03 Å². The molecule has 0 atom stereocenters. The lowest BCUT2D eigenvalue weighted by Crippen LogP contribution is -2.27. The molecule has 5 nitrogen and oxygen atoms in total. The van der Waals surface area contributed by atoms with Crippen molar-refractivity contribution >= 4 is 17.4 Å². The van der Waals surface area contributed by atoms with Gasteiger partial charge in [-0.05, 0) is 0 Å². The van der Waals surface area contributed by atoms with Crippen LogP contribution < -0.4 is 5.32 Å². The zero-order valence-corrected chi connectivity index (χ0v) is 8.07. The SMILES string of the molecule is O=C(NCc1cscn1)n1ccnc1. The van der Waals surface area contributed by atoms with E-state index in [1.165, 1.54) is 22.2 Å². The predicted octanol–water partition coefficient (Wildman–Crippen LogP) is 1.10. The van der Waals surface area contributed by atoms with E-state index < -0.39 is 0 Å². The van der Waals surface area contributed by atoms with Crippen LogP contribution in [0.3, 0.4) is 0 Å². The largest absolute Gasteiger partial charge is 0.332 e. The topological polar surface area (TPSA) is 59.8 Å². The molecule has 0 aliphatic rings. The normalized spacial score (nSPS) is 10.0. The van der Waals surface area contributed by atoms with Gasteiger partial charge in [0.25, 0.3) is 0 Å². The van der Waals surface area contributed by atoms with Crippen LogP contribution in [0, 0.1) is 0 Å². The van der Waals surface area contributed by atoms with E-state index in [0.717, 1.165) is 5.69 Å². The van der Waals surface area contributed by atoms with Crippen LogP contribution in [0.2, 0.25) is 0 Å². The van der Waals surface area contributed by atoms with E-state index in [2.05, 4.69) is 15.3 Å². The number of imidazole rings is 1. The third-order valence-electron chi connectivity index (χ3n) is 1.64. The Morgan fingerprint density at radius 3 is 3.21 bits per heavy atom. The number of rotatable bonds is 2. The van der Waals surface area contributed by atoms with Crippen molar-refractivity contribution in [2.24, 2.45) is 0 Å². The third-order valence-corrected chi connectivity index (χ3v) is 2.28. The minimum atomic E-state index is -0.199. The van der Waals surface area contributed by atoms with E-state index in [1.54, 1.807) is 17.9 Å². The molecule has 72 valence electrons. The summed E-state index contributed by atoms with van der Waals surface area (Å²) in [4.78, 5) is 19.2. The summed E-state index contributed by atoms with van der Waals surface area (Å²) in [7, 11) is 0. The Labute approximate surface area is 84.4 Å². The molecule has 0 aliphatic heterocycles. The molecular formula is C8H8N4OS. The first-order valence-electron chi connectivity index (χ1n) is 3.99. The molecule has 0 aromatic carbocycles. The second-order valence-corrected chi connectivity index (χ2v) is 3.33. The van der Waals surface area contributed by atoms with Crippen LogP contribution in [0.25, 0.3) is 0 Å². The number of nitrogens with one attached hydrogen (secondary N) is 1. The molecule has 2 aromatic rings. The molecule has 2 rings (SSSR count). The van der Waals surface area contributed by atoms with Crippen LogP contribution in [0.1, 0.15) is 5.69 Å². The first-order chi connectivity index (χ1) is 6.86. The van der Waals surface area contributed by atoms with Crippen molar-refractivity contribution in [3.8, 4) is 0 Å². The Morgan fingerprint density at radius 1 is 1.64 bits per heavy atom. The summed E-state index contributed by atoms with van der Waals surface area (Å²) in [6.45, 7) is 0.445. The molecule has 0 unspecified atom stereocenters. The van der Waals surface area contributed by atoms with Crippen molar-refractivity contribution in [3.63, 3.8) is 0 Å². The molecule has 6 heteroatoms. The van der Waals surface area contributed by atoms with Gasteiger partial charge < -0.3 is 5.32 Å². The van der Waals surface area contributed by atoms with E-state index in [0.29, 0.717) is 6.54 Å². The first-order valence-corrected chi connectivity index (χ1v) is 4.94. The summed E-state index contributed by atoms with van der Waals surface area (Å²) in [5, 5.41) is 4.61. The summed E-state index contributed by atoms with van der Waals surface area (Å²) < 4.78 is 1.38. The first kappa shape index (κ1) is 8.89. The molecule has 0 saturated heterocycles. The fourth-order valence-electron chi connectivity index (χ4n) is 0.962. The van der Waals surface area contributed by atoms with Gasteiger partial charge in [-0.15, -0.1) is 11.3 Å². The molecule has 14 heavy (non-hydrogen) atoms. The highest BCUT2D eigenvalue weighted by Crippen LogP contribution is 1.99. The maximum atomic E-state index is 11.4. The number of amides is 1. The lowest BCUT2D eigenvalue weighted by Gasteiger charge is -2.02. The van der Waals surface area contributed by atoms with Crippen LogP contribution in [-0.4, -0.2) is 20.6 Å². The second kappa shape index (κ2) is 4.01. The Bertz CT molecular complexity index is 395. The molecule has 0 fully saturated rings.